The van der Waals surface area contributed by atoms with Crippen molar-refractivity contribution in [1.82, 2.24) is 24.1 Å². The summed E-state index contributed by atoms with van der Waals surface area (Å²) in [4.78, 5) is 3.96. The summed E-state index contributed by atoms with van der Waals surface area (Å²) in [6.45, 7) is 7.53. The molecule has 0 aromatic carbocycles. The van der Waals surface area contributed by atoms with E-state index in [2.05, 4.69) is 36.0 Å². The first-order valence-electron chi connectivity index (χ1n) is 8.62. The predicted octanol–water partition coefficient (Wildman–Crippen LogP) is 1.60. The maximum atomic E-state index is 12.6. The molecule has 1 atom stereocenters. The summed E-state index contributed by atoms with van der Waals surface area (Å²) in [6, 6.07) is 3.72. The highest BCUT2D eigenvalue weighted by Gasteiger charge is 2.35. The second-order valence-corrected chi connectivity index (χ2v) is 9.49. The zero-order chi connectivity index (χ0) is 18.9. The molecule has 142 valence electrons. The lowest BCUT2D eigenvalue weighted by atomic mass is 9.92. The van der Waals surface area contributed by atoms with Crippen LogP contribution in [0.15, 0.2) is 29.7 Å². The monoisotopic (exact) mass is 379 g/mol. The molecular formula is C17H25N5O3S. The Balaban J connectivity index is 1.58. The van der Waals surface area contributed by atoms with Crippen molar-refractivity contribution in [2.45, 2.75) is 37.8 Å². The van der Waals surface area contributed by atoms with Gasteiger partial charge in [-0.3, -0.25) is 0 Å². The second kappa shape index (κ2) is 6.96. The largest absolute Gasteiger partial charge is 0.476 e. The summed E-state index contributed by atoms with van der Waals surface area (Å²) in [5.74, 6) is 0.581. The predicted molar refractivity (Wildman–Crippen MR) is 96.3 cm³/mol. The van der Waals surface area contributed by atoms with Crippen LogP contribution in [0.3, 0.4) is 0 Å². The van der Waals surface area contributed by atoms with Crippen molar-refractivity contribution < 1.29 is 13.2 Å². The van der Waals surface area contributed by atoms with Gasteiger partial charge < -0.3 is 9.30 Å². The van der Waals surface area contributed by atoms with Gasteiger partial charge in [0.2, 0.25) is 11.0 Å². The fraction of sp³-hybridized carbons (Fsp3) is 0.588. The van der Waals surface area contributed by atoms with Crippen LogP contribution in [0.25, 0.3) is 0 Å². The summed E-state index contributed by atoms with van der Waals surface area (Å²) in [6.07, 6.45) is 3.87. The van der Waals surface area contributed by atoms with Crippen LogP contribution in [0.5, 0.6) is 5.88 Å². The number of aromatic nitrogens is 4. The Bertz CT molecular complexity index is 855. The Hall–Kier alpha value is -2.00. The van der Waals surface area contributed by atoms with E-state index in [-0.39, 0.29) is 16.5 Å². The molecule has 0 aliphatic carbocycles. The molecule has 1 saturated heterocycles. The molecule has 3 heterocycles. The molecular weight excluding hydrogens is 354 g/mol. The van der Waals surface area contributed by atoms with Gasteiger partial charge in [-0.1, -0.05) is 20.8 Å². The number of ether oxygens (including phenoxy) is 1. The van der Waals surface area contributed by atoms with Crippen molar-refractivity contribution in [2.75, 3.05) is 19.7 Å². The Labute approximate surface area is 154 Å². The molecule has 26 heavy (non-hydrogen) atoms. The average Bonchev–Trinajstić information content (AvgIpc) is 3.22. The molecule has 1 fully saturated rings. The van der Waals surface area contributed by atoms with E-state index in [1.54, 1.807) is 13.2 Å². The molecule has 0 N–H and O–H groups in total. The minimum atomic E-state index is -3.56. The van der Waals surface area contributed by atoms with Crippen molar-refractivity contribution in [1.29, 1.82) is 0 Å². The molecule has 1 unspecified atom stereocenters. The van der Waals surface area contributed by atoms with Crippen LogP contribution in [0.2, 0.25) is 0 Å². The van der Waals surface area contributed by atoms with Gasteiger partial charge >= 0.3 is 0 Å². The van der Waals surface area contributed by atoms with Crippen LogP contribution >= 0.6 is 0 Å². The SMILES string of the molecule is Cn1ccnc1S(=O)(=O)N1CCC(COc2ccc(C(C)(C)C)nn2)C1. The second-order valence-electron chi connectivity index (χ2n) is 7.66. The van der Waals surface area contributed by atoms with Gasteiger partial charge in [0.1, 0.15) is 0 Å². The van der Waals surface area contributed by atoms with Crippen LogP contribution < -0.4 is 4.74 Å². The average molecular weight is 379 g/mol. The Kier molecular flexibility index (Phi) is 5.03. The van der Waals surface area contributed by atoms with Crippen LogP contribution in [0, 0.1) is 5.92 Å². The Morgan fingerprint density at radius 2 is 2.04 bits per heavy atom. The Morgan fingerprint density at radius 1 is 1.27 bits per heavy atom. The van der Waals surface area contributed by atoms with Gasteiger partial charge in [-0.2, -0.15) is 9.40 Å². The molecule has 9 heteroatoms. The van der Waals surface area contributed by atoms with E-state index < -0.39 is 10.0 Å². The van der Waals surface area contributed by atoms with Gasteiger partial charge in [0.25, 0.3) is 10.0 Å². The number of sulfonamides is 1. The molecule has 2 aromatic rings. The zero-order valence-electron chi connectivity index (χ0n) is 15.6. The standard InChI is InChI=1S/C17H25N5O3S/c1-17(2,3)14-5-6-15(20-19-14)25-12-13-7-9-22(11-13)26(23,24)16-18-8-10-21(16)4/h5-6,8,10,13H,7,9,11-12H2,1-4H3. The third-order valence-electron chi connectivity index (χ3n) is 4.47. The lowest BCUT2D eigenvalue weighted by molar-refractivity contribution is 0.243. The van der Waals surface area contributed by atoms with Gasteiger partial charge in [-0.15, -0.1) is 5.10 Å². The number of aryl methyl sites for hydroxylation is 1. The quantitative estimate of drug-likeness (QED) is 0.784. The molecule has 0 saturated carbocycles. The molecule has 1 aliphatic rings. The summed E-state index contributed by atoms with van der Waals surface area (Å²) in [5, 5.41) is 8.38. The first kappa shape index (κ1) is 18.8. The fourth-order valence-electron chi connectivity index (χ4n) is 2.87. The van der Waals surface area contributed by atoms with E-state index in [1.165, 1.54) is 15.1 Å². The van der Waals surface area contributed by atoms with E-state index >= 15 is 0 Å². The van der Waals surface area contributed by atoms with Crippen LogP contribution in [-0.2, 0) is 22.5 Å². The molecule has 8 nitrogen and oxygen atoms in total. The normalized spacial score (nSPS) is 19.0. The summed E-state index contributed by atoms with van der Waals surface area (Å²) in [7, 11) is -1.89. The third-order valence-corrected chi connectivity index (χ3v) is 6.34. The van der Waals surface area contributed by atoms with E-state index in [0.29, 0.717) is 25.6 Å². The molecule has 0 spiro atoms. The highest BCUT2D eigenvalue weighted by molar-refractivity contribution is 7.89. The van der Waals surface area contributed by atoms with E-state index in [1.807, 2.05) is 12.1 Å². The van der Waals surface area contributed by atoms with Gasteiger partial charge in [-0.05, 0) is 12.5 Å². The Morgan fingerprint density at radius 3 is 2.62 bits per heavy atom. The first-order valence-corrected chi connectivity index (χ1v) is 10.1. The van der Waals surface area contributed by atoms with Crippen LogP contribution in [0.4, 0.5) is 0 Å². The first-order chi connectivity index (χ1) is 12.2. The van der Waals surface area contributed by atoms with Crippen molar-refractivity contribution >= 4 is 10.0 Å². The maximum absolute atomic E-state index is 12.6. The number of nitrogens with zero attached hydrogens (tertiary/aromatic N) is 5. The number of hydrogen-bond acceptors (Lipinski definition) is 6. The van der Waals surface area contributed by atoms with Crippen LogP contribution in [-0.4, -0.2) is 52.2 Å². The lowest BCUT2D eigenvalue weighted by Crippen LogP contribution is -2.31. The summed E-state index contributed by atoms with van der Waals surface area (Å²) < 4.78 is 34.0. The van der Waals surface area contributed by atoms with Crippen molar-refractivity contribution in [2.24, 2.45) is 13.0 Å². The minimum absolute atomic E-state index is 0.0587. The van der Waals surface area contributed by atoms with Gasteiger partial charge in [0.05, 0.1) is 12.3 Å². The van der Waals surface area contributed by atoms with Crippen molar-refractivity contribution in [3.8, 4) is 5.88 Å². The van der Waals surface area contributed by atoms with E-state index in [0.717, 1.165) is 12.1 Å². The fourth-order valence-corrected chi connectivity index (χ4v) is 4.47. The molecule has 0 radical (unpaired) electrons. The molecule has 3 rings (SSSR count). The molecule has 0 bridgehead atoms. The van der Waals surface area contributed by atoms with Gasteiger partial charge in [0, 0.05) is 49.9 Å². The van der Waals surface area contributed by atoms with Gasteiger partial charge in [0.15, 0.2) is 0 Å². The van der Waals surface area contributed by atoms with Crippen molar-refractivity contribution in [3.05, 3.63) is 30.2 Å². The topological polar surface area (TPSA) is 90.2 Å². The van der Waals surface area contributed by atoms with Crippen molar-refractivity contribution in [3.63, 3.8) is 0 Å². The molecule has 1 aliphatic heterocycles. The highest BCUT2D eigenvalue weighted by Crippen LogP contribution is 2.24. The zero-order valence-corrected chi connectivity index (χ0v) is 16.4. The number of imidazole rings is 1. The smallest absolute Gasteiger partial charge is 0.277 e. The number of rotatable bonds is 5. The lowest BCUT2D eigenvalue weighted by Gasteiger charge is -2.17. The van der Waals surface area contributed by atoms with Gasteiger partial charge in [-0.25, -0.2) is 13.4 Å². The maximum Gasteiger partial charge on any atom is 0.277 e. The molecule has 2 aromatic heterocycles. The summed E-state index contributed by atoms with van der Waals surface area (Å²) >= 11 is 0. The van der Waals surface area contributed by atoms with E-state index in [9.17, 15) is 8.42 Å². The van der Waals surface area contributed by atoms with E-state index in [4.69, 9.17) is 4.74 Å². The van der Waals surface area contributed by atoms with Crippen LogP contribution in [0.1, 0.15) is 32.9 Å². The minimum Gasteiger partial charge on any atom is -0.476 e. The third kappa shape index (κ3) is 3.88. The summed E-state index contributed by atoms with van der Waals surface area (Å²) in [5.41, 5.74) is 0.842. The molecule has 0 amide bonds. The highest BCUT2D eigenvalue weighted by atomic mass is 32.2. The number of hydrogen-bond donors (Lipinski definition) is 0.